The predicted molar refractivity (Wildman–Crippen MR) is 261 cm³/mol. The van der Waals surface area contributed by atoms with Crippen LogP contribution in [0.15, 0.2) is 253 Å². The number of nitrogens with zero attached hydrogens (tertiary/aromatic N) is 1. The minimum Gasteiger partial charge on any atom is -0.456 e. The van der Waals surface area contributed by atoms with E-state index in [2.05, 4.69) is 241 Å². The van der Waals surface area contributed by atoms with Crippen molar-refractivity contribution in [2.75, 3.05) is 4.90 Å². The fourth-order valence-corrected chi connectivity index (χ4v) is 8.96. The molecule has 11 rings (SSSR count). The summed E-state index contributed by atoms with van der Waals surface area (Å²) in [7, 11) is 0. The summed E-state index contributed by atoms with van der Waals surface area (Å²) in [5.41, 5.74) is 18.9. The van der Waals surface area contributed by atoms with Gasteiger partial charge in [-0.25, -0.2) is 0 Å². The quantitative estimate of drug-likeness (QED) is 0.145. The topological polar surface area (TPSA) is 16.4 Å². The SMILES string of the molecule is c1ccc(-c2cc(-c3ccccc3)c(N(c3ccc(-c4ccccc4-c4ccccc4-c4ccccc4)cc3)c3ccc4c(c3)oc3ccccc34)cc2-c2ccccc2)cc1. The Kier molecular flexibility index (Phi) is 9.57. The first-order valence-electron chi connectivity index (χ1n) is 21.2. The Balaban J connectivity index is 1.13. The first kappa shape index (κ1) is 36.8. The van der Waals surface area contributed by atoms with Crippen LogP contribution < -0.4 is 4.90 Å². The molecule has 0 amide bonds. The van der Waals surface area contributed by atoms with Gasteiger partial charge in [-0.05, 0) is 104 Å². The largest absolute Gasteiger partial charge is 0.456 e. The molecular weight excluding hydrogens is 751 g/mol. The van der Waals surface area contributed by atoms with Gasteiger partial charge in [-0.15, -0.1) is 0 Å². The highest BCUT2D eigenvalue weighted by molar-refractivity contribution is 6.07. The Labute approximate surface area is 362 Å². The van der Waals surface area contributed by atoms with Gasteiger partial charge in [0.1, 0.15) is 11.2 Å². The molecule has 0 spiro atoms. The van der Waals surface area contributed by atoms with Crippen molar-refractivity contribution in [3.8, 4) is 66.8 Å². The maximum atomic E-state index is 6.55. The number of benzene rings is 10. The molecule has 0 unspecified atom stereocenters. The van der Waals surface area contributed by atoms with Gasteiger partial charge in [0.25, 0.3) is 0 Å². The summed E-state index contributed by atoms with van der Waals surface area (Å²) in [5.74, 6) is 0. The molecule has 11 aromatic rings. The van der Waals surface area contributed by atoms with E-state index in [9.17, 15) is 0 Å². The Morgan fingerprint density at radius 1 is 0.242 bits per heavy atom. The summed E-state index contributed by atoms with van der Waals surface area (Å²) in [4.78, 5) is 2.40. The minimum atomic E-state index is 0.849. The zero-order chi connectivity index (χ0) is 41.2. The molecule has 0 saturated carbocycles. The lowest BCUT2D eigenvalue weighted by molar-refractivity contribution is 0.669. The van der Waals surface area contributed by atoms with Gasteiger partial charge in [0, 0.05) is 33.8 Å². The maximum absolute atomic E-state index is 6.55. The monoisotopic (exact) mass is 791 g/mol. The van der Waals surface area contributed by atoms with Gasteiger partial charge in [0.15, 0.2) is 0 Å². The van der Waals surface area contributed by atoms with Crippen LogP contribution in [0.5, 0.6) is 0 Å². The molecule has 292 valence electrons. The van der Waals surface area contributed by atoms with Gasteiger partial charge >= 0.3 is 0 Å². The van der Waals surface area contributed by atoms with Crippen LogP contribution in [0.3, 0.4) is 0 Å². The van der Waals surface area contributed by atoms with Gasteiger partial charge in [-0.2, -0.15) is 0 Å². The Morgan fingerprint density at radius 3 is 1.21 bits per heavy atom. The van der Waals surface area contributed by atoms with Crippen molar-refractivity contribution >= 4 is 39.0 Å². The number of para-hydroxylation sites is 1. The highest BCUT2D eigenvalue weighted by atomic mass is 16.3. The van der Waals surface area contributed by atoms with Crippen molar-refractivity contribution in [2.24, 2.45) is 0 Å². The summed E-state index contributed by atoms with van der Waals surface area (Å²) in [6.45, 7) is 0. The Hall–Kier alpha value is -8.20. The average molecular weight is 792 g/mol. The van der Waals surface area contributed by atoms with Gasteiger partial charge in [0.2, 0.25) is 0 Å². The van der Waals surface area contributed by atoms with E-state index in [0.717, 1.165) is 66.8 Å². The summed E-state index contributed by atoms with van der Waals surface area (Å²) in [6.07, 6.45) is 0. The third kappa shape index (κ3) is 6.84. The van der Waals surface area contributed by atoms with Crippen molar-refractivity contribution < 1.29 is 4.42 Å². The average Bonchev–Trinajstić information content (AvgIpc) is 3.73. The Bertz CT molecular complexity index is 3320. The van der Waals surface area contributed by atoms with Crippen molar-refractivity contribution in [1.29, 1.82) is 0 Å². The molecule has 0 aliphatic rings. The molecule has 0 N–H and O–H groups in total. The second kappa shape index (κ2) is 16.1. The number of hydrogen-bond donors (Lipinski definition) is 0. The zero-order valence-electron chi connectivity index (χ0n) is 34.0. The van der Waals surface area contributed by atoms with Crippen LogP contribution in [0.2, 0.25) is 0 Å². The van der Waals surface area contributed by atoms with E-state index < -0.39 is 0 Å². The highest BCUT2D eigenvalue weighted by Gasteiger charge is 2.23. The van der Waals surface area contributed by atoms with E-state index >= 15 is 0 Å². The molecule has 0 bridgehead atoms. The summed E-state index contributed by atoms with van der Waals surface area (Å²) in [6, 6.07) is 89.1. The maximum Gasteiger partial charge on any atom is 0.137 e. The summed E-state index contributed by atoms with van der Waals surface area (Å²) < 4.78 is 6.55. The number of anilines is 3. The van der Waals surface area contributed by atoms with E-state index in [4.69, 9.17) is 4.42 Å². The van der Waals surface area contributed by atoms with Crippen LogP contribution >= 0.6 is 0 Å². The van der Waals surface area contributed by atoms with Crippen LogP contribution in [-0.4, -0.2) is 0 Å². The van der Waals surface area contributed by atoms with Gasteiger partial charge in [-0.1, -0.05) is 200 Å². The number of furan rings is 1. The van der Waals surface area contributed by atoms with E-state index in [0.29, 0.717) is 0 Å². The van der Waals surface area contributed by atoms with Crippen LogP contribution in [0.4, 0.5) is 17.1 Å². The van der Waals surface area contributed by atoms with Gasteiger partial charge in [0.05, 0.1) is 5.69 Å². The molecule has 2 heteroatoms. The van der Waals surface area contributed by atoms with E-state index in [1.807, 2.05) is 12.1 Å². The second-order valence-electron chi connectivity index (χ2n) is 15.6. The number of fused-ring (bicyclic) bond motifs is 3. The van der Waals surface area contributed by atoms with E-state index in [1.54, 1.807) is 0 Å². The van der Waals surface area contributed by atoms with E-state index in [1.165, 1.54) is 38.9 Å². The lowest BCUT2D eigenvalue weighted by Crippen LogP contribution is -2.12. The Morgan fingerprint density at radius 2 is 0.645 bits per heavy atom. The molecule has 10 aromatic carbocycles. The van der Waals surface area contributed by atoms with Crippen LogP contribution in [0.1, 0.15) is 0 Å². The molecule has 0 radical (unpaired) electrons. The number of rotatable bonds is 9. The standard InChI is InChI=1S/C60H41NO/c1-5-19-42(20-6-1)49-27-13-15-29-51(49)52-30-16-14-28-50(52)46-33-35-47(36-34-46)61(48-37-38-54-53-31-17-18-32-59(53)62-60(54)39-48)58-41-56(44-23-9-3-10-24-44)55(43-21-7-2-8-22-43)40-57(58)45-25-11-4-12-26-45/h1-41H. The first-order valence-corrected chi connectivity index (χ1v) is 21.2. The normalized spacial score (nSPS) is 11.2. The van der Waals surface area contributed by atoms with Crippen molar-refractivity contribution in [3.63, 3.8) is 0 Å². The number of hydrogen-bond acceptors (Lipinski definition) is 2. The third-order valence-electron chi connectivity index (χ3n) is 11.9. The third-order valence-corrected chi connectivity index (χ3v) is 11.9. The first-order chi connectivity index (χ1) is 30.8. The predicted octanol–water partition coefficient (Wildman–Crippen LogP) is 17.1. The zero-order valence-corrected chi connectivity index (χ0v) is 34.0. The molecule has 0 aliphatic carbocycles. The fraction of sp³-hybridized carbons (Fsp3) is 0. The smallest absolute Gasteiger partial charge is 0.137 e. The van der Waals surface area contributed by atoms with Crippen molar-refractivity contribution in [3.05, 3.63) is 249 Å². The molecule has 62 heavy (non-hydrogen) atoms. The lowest BCUT2D eigenvalue weighted by atomic mass is 9.88. The summed E-state index contributed by atoms with van der Waals surface area (Å²) >= 11 is 0. The highest BCUT2D eigenvalue weighted by Crippen LogP contribution is 2.48. The minimum absolute atomic E-state index is 0.849. The molecule has 1 heterocycles. The van der Waals surface area contributed by atoms with Crippen LogP contribution in [0.25, 0.3) is 88.7 Å². The van der Waals surface area contributed by atoms with Crippen molar-refractivity contribution in [1.82, 2.24) is 0 Å². The molecular formula is C60H41NO. The van der Waals surface area contributed by atoms with Crippen molar-refractivity contribution in [2.45, 2.75) is 0 Å². The van der Waals surface area contributed by atoms with Crippen LogP contribution in [-0.2, 0) is 0 Å². The molecule has 0 saturated heterocycles. The molecule has 2 nitrogen and oxygen atoms in total. The molecule has 0 fully saturated rings. The molecule has 0 atom stereocenters. The fourth-order valence-electron chi connectivity index (χ4n) is 8.96. The summed E-state index contributed by atoms with van der Waals surface area (Å²) in [5, 5.41) is 2.21. The van der Waals surface area contributed by atoms with Crippen LogP contribution in [0, 0.1) is 0 Å². The lowest BCUT2D eigenvalue weighted by Gasteiger charge is -2.30. The molecule has 0 aliphatic heterocycles. The van der Waals surface area contributed by atoms with Gasteiger partial charge < -0.3 is 9.32 Å². The molecule has 1 aromatic heterocycles. The second-order valence-corrected chi connectivity index (χ2v) is 15.6. The van der Waals surface area contributed by atoms with E-state index in [-0.39, 0.29) is 0 Å². The van der Waals surface area contributed by atoms with Gasteiger partial charge in [-0.3, -0.25) is 0 Å².